The van der Waals surface area contributed by atoms with Crippen molar-refractivity contribution in [2.45, 2.75) is 19.8 Å². The Hall–Kier alpha value is -1.01. The van der Waals surface area contributed by atoms with E-state index in [9.17, 15) is 8.78 Å². The Labute approximate surface area is 117 Å². The second-order valence-corrected chi connectivity index (χ2v) is 5.53. The molecule has 0 radical (unpaired) electrons. The van der Waals surface area contributed by atoms with Crippen LogP contribution in [0.5, 0.6) is 0 Å². The van der Waals surface area contributed by atoms with Gasteiger partial charge in [0, 0.05) is 16.4 Å². The number of nitrogens with zero attached hydrogens (tertiary/aromatic N) is 1. The van der Waals surface area contributed by atoms with E-state index in [1.54, 1.807) is 6.20 Å². The van der Waals surface area contributed by atoms with Crippen molar-refractivity contribution in [1.29, 1.82) is 0 Å². The highest BCUT2D eigenvalue weighted by Gasteiger charge is 2.18. The lowest BCUT2D eigenvalue weighted by molar-refractivity contribution is 0.561. The van der Waals surface area contributed by atoms with Gasteiger partial charge in [-0.2, -0.15) is 0 Å². The van der Waals surface area contributed by atoms with Gasteiger partial charge in [0.05, 0.1) is 0 Å². The van der Waals surface area contributed by atoms with E-state index in [-0.39, 0.29) is 16.4 Å². The van der Waals surface area contributed by atoms with E-state index >= 15 is 0 Å². The Morgan fingerprint density at radius 3 is 2.33 bits per heavy atom. The summed E-state index contributed by atoms with van der Waals surface area (Å²) in [5, 5.41) is 0. The Morgan fingerprint density at radius 2 is 1.83 bits per heavy atom. The molecule has 0 saturated carbocycles. The van der Waals surface area contributed by atoms with Gasteiger partial charge in [-0.3, -0.25) is 4.57 Å². The first-order valence-corrected chi connectivity index (χ1v) is 6.57. The highest BCUT2D eigenvalue weighted by molar-refractivity contribution is 9.10. The minimum atomic E-state index is -0.653. The Kier molecular flexibility index (Phi) is 3.68. The average Bonchev–Trinajstić information content (AvgIpc) is 2.59. The van der Waals surface area contributed by atoms with Crippen LogP contribution in [0.25, 0.3) is 5.69 Å². The molecule has 1 aromatic carbocycles. The van der Waals surface area contributed by atoms with Crippen LogP contribution in [0.4, 0.5) is 8.78 Å². The third kappa shape index (κ3) is 2.27. The molecule has 1 N–H and O–H groups in total. The molecule has 0 bridgehead atoms. The summed E-state index contributed by atoms with van der Waals surface area (Å²) in [5.41, 5.74) is 0.591. The van der Waals surface area contributed by atoms with Crippen molar-refractivity contribution >= 4 is 28.1 Å². The lowest BCUT2D eigenvalue weighted by Gasteiger charge is -2.13. The normalized spacial score (nSPS) is 11.2. The Morgan fingerprint density at radius 1 is 1.28 bits per heavy atom. The third-order valence-electron chi connectivity index (χ3n) is 2.60. The minimum absolute atomic E-state index is 0.0976. The number of halogens is 3. The van der Waals surface area contributed by atoms with E-state index in [0.717, 1.165) is 5.69 Å². The molecule has 1 aromatic heterocycles. The van der Waals surface area contributed by atoms with Crippen molar-refractivity contribution in [2.75, 3.05) is 0 Å². The second kappa shape index (κ2) is 4.93. The molecule has 0 aliphatic rings. The third-order valence-corrected chi connectivity index (χ3v) is 3.36. The molecule has 0 fully saturated rings. The molecule has 96 valence electrons. The molecule has 0 spiro atoms. The van der Waals surface area contributed by atoms with Gasteiger partial charge in [-0.05, 0) is 30.3 Å². The van der Waals surface area contributed by atoms with E-state index in [1.807, 2.05) is 13.8 Å². The maximum absolute atomic E-state index is 13.9. The molecule has 0 aliphatic carbocycles. The molecular formula is C12H11BrF2N2S. The molecule has 6 heteroatoms. The molecule has 2 nitrogen and oxygen atoms in total. The van der Waals surface area contributed by atoms with Crippen molar-refractivity contribution in [3.05, 3.63) is 44.9 Å². The number of H-pyrrole nitrogens is 1. The molecule has 0 unspecified atom stereocenters. The quantitative estimate of drug-likeness (QED) is 0.790. The van der Waals surface area contributed by atoms with Crippen LogP contribution in [0.1, 0.15) is 25.5 Å². The SMILES string of the molecule is CC(C)c1c[nH]c(=S)n1-c1c(F)cc(Br)cc1F. The van der Waals surface area contributed by atoms with E-state index in [0.29, 0.717) is 4.47 Å². The fourth-order valence-corrected chi connectivity index (χ4v) is 2.44. The second-order valence-electron chi connectivity index (χ2n) is 4.23. The standard InChI is InChI=1S/C12H11BrF2N2S/c1-6(2)10-5-16-12(18)17(10)11-8(14)3-7(13)4-9(11)15/h3-6H,1-2H3,(H,16,18). The first-order chi connectivity index (χ1) is 8.41. The van der Waals surface area contributed by atoms with Crippen molar-refractivity contribution < 1.29 is 8.78 Å². The van der Waals surface area contributed by atoms with Gasteiger partial charge in [0.25, 0.3) is 0 Å². The lowest BCUT2D eigenvalue weighted by Crippen LogP contribution is -2.07. The zero-order chi connectivity index (χ0) is 13.4. The van der Waals surface area contributed by atoms with Gasteiger partial charge < -0.3 is 4.98 Å². The predicted molar refractivity (Wildman–Crippen MR) is 72.7 cm³/mol. The highest BCUT2D eigenvalue weighted by Crippen LogP contribution is 2.26. The molecule has 2 aromatic rings. The monoisotopic (exact) mass is 332 g/mol. The summed E-state index contributed by atoms with van der Waals surface area (Å²) in [6.45, 7) is 3.87. The molecule has 2 rings (SSSR count). The molecule has 0 aliphatic heterocycles. The number of imidazole rings is 1. The number of hydrogen-bond acceptors (Lipinski definition) is 1. The maximum Gasteiger partial charge on any atom is 0.182 e. The van der Waals surface area contributed by atoms with Gasteiger partial charge in [-0.25, -0.2) is 8.78 Å². The fourth-order valence-electron chi connectivity index (χ4n) is 1.79. The summed E-state index contributed by atoms with van der Waals surface area (Å²) in [5.74, 6) is -1.21. The van der Waals surface area contributed by atoms with Gasteiger partial charge in [0.1, 0.15) is 5.69 Å². The molecule has 18 heavy (non-hydrogen) atoms. The maximum atomic E-state index is 13.9. The van der Waals surface area contributed by atoms with Crippen LogP contribution in [-0.4, -0.2) is 9.55 Å². The van der Waals surface area contributed by atoms with Gasteiger partial charge in [-0.1, -0.05) is 29.8 Å². The predicted octanol–water partition coefficient (Wildman–Crippen LogP) is 4.70. The number of rotatable bonds is 2. The van der Waals surface area contributed by atoms with Crippen LogP contribution in [-0.2, 0) is 0 Å². The van der Waals surface area contributed by atoms with Gasteiger partial charge in [0.2, 0.25) is 0 Å². The molecule has 0 saturated heterocycles. The zero-order valence-electron chi connectivity index (χ0n) is 9.80. The van der Waals surface area contributed by atoms with E-state index in [4.69, 9.17) is 12.2 Å². The average molecular weight is 333 g/mol. The van der Waals surface area contributed by atoms with E-state index in [1.165, 1.54) is 16.7 Å². The summed E-state index contributed by atoms with van der Waals surface area (Å²) in [7, 11) is 0. The van der Waals surface area contributed by atoms with Crippen molar-refractivity contribution in [2.24, 2.45) is 0 Å². The van der Waals surface area contributed by atoms with Crippen LogP contribution in [0, 0.1) is 16.4 Å². The van der Waals surface area contributed by atoms with Crippen LogP contribution < -0.4 is 0 Å². The molecule has 1 heterocycles. The van der Waals surface area contributed by atoms with Crippen LogP contribution in [0.2, 0.25) is 0 Å². The van der Waals surface area contributed by atoms with Crippen molar-refractivity contribution in [1.82, 2.24) is 9.55 Å². The minimum Gasteiger partial charge on any atom is -0.337 e. The summed E-state index contributed by atoms with van der Waals surface area (Å²) in [4.78, 5) is 2.82. The first kappa shape index (κ1) is 13.4. The number of aromatic amines is 1. The van der Waals surface area contributed by atoms with Crippen LogP contribution in [0.3, 0.4) is 0 Å². The fraction of sp³-hybridized carbons (Fsp3) is 0.250. The largest absolute Gasteiger partial charge is 0.337 e. The zero-order valence-corrected chi connectivity index (χ0v) is 12.2. The van der Waals surface area contributed by atoms with E-state index in [2.05, 4.69) is 20.9 Å². The number of benzene rings is 1. The summed E-state index contributed by atoms with van der Waals surface area (Å²) < 4.78 is 29.9. The van der Waals surface area contributed by atoms with Crippen molar-refractivity contribution in [3.8, 4) is 5.69 Å². The number of hydrogen-bond donors (Lipinski definition) is 1. The van der Waals surface area contributed by atoms with Gasteiger partial charge in [-0.15, -0.1) is 0 Å². The first-order valence-electron chi connectivity index (χ1n) is 5.37. The lowest BCUT2D eigenvalue weighted by atomic mass is 10.1. The van der Waals surface area contributed by atoms with Crippen LogP contribution in [0.15, 0.2) is 22.8 Å². The summed E-state index contributed by atoms with van der Waals surface area (Å²) in [6, 6.07) is 2.44. The molecule has 0 atom stereocenters. The summed E-state index contributed by atoms with van der Waals surface area (Å²) in [6.07, 6.45) is 1.67. The number of aromatic nitrogens is 2. The smallest absolute Gasteiger partial charge is 0.182 e. The topological polar surface area (TPSA) is 20.7 Å². The Bertz CT molecular complexity index is 623. The van der Waals surface area contributed by atoms with Gasteiger partial charge >= 0.3 is 0 Å². The van der Waals surface area contributed by atoms with Crippen LogP contribution >= 0.6 is 28.1 Å². The van der Waals surface area contributed by atoms with Crippen molar-refractivity contribution in [3.63, 3.8) is 0 Å². The highest BCUT2D eigenvalue weighted by atomic mass is 79.9. The number of nitrogens with one attached hydrogen (secondary N) is 1. The van der Waals surface area contributed by atoms with Gasteiger partial charge in [0.15, 0.2) is 16.4 Å². The summed E-state index contributed by atoms with van der Waals surface area (Å²) >= 11 is 8.14. The molecule has 0 amide bonds. The Balaban J connectivity index is 2.77. The van der Waals surface area contributed by atoms with E-state index < -0.39 is 11.6 Å². The molecular weight excluding hydrogens is 322 g/mol.